The first-order valence-electron chi connectivity index (χ1n) is 6.20. The number of fused-ring (bicyclic) bond motifs is 1. The van der Waals surface area contributed by atoms with E-state index in [9.17, 15) is 0 Å². The normalized spacial score (nSPS) is 23.3. The molecule has 0 aromatic heterocycles. The third-order valence-electron chi connectivity index (χ3n) is 3.45. The lowest BCUT2D eigenvalue weighted by Gasteiger charge is -2.33. The van der Waals surface area contributed by atoms with E-state index >= 15 is 0 Å². The summed E-state index contributed by atoms with van der Waals surface area (Å²) in [6, 6.07) is 4.71. The van der Waals surface area contributed by atoms with Gasteiger partial charge in [-0.15, -0.1) is 0 Å². The molecule has 0 bridgehead atoms. The zero-order valence-electron chi connectivity index (χ0n) is 11.0. The molecule has 3 heteroatoms. The van der Waals surface area contributed by atoms with Crippen LogP contribution >= 0.6 is 11.8 Å². The van der Waals surface area contributed by atoms with E-state index in [1.54, 1.807) is 7.11 Å². The third kappa shape index (κ3) is 2.31. The van der Waals surface area contributed by atoms with Crippen LogP contribution in [0.15, 0.2) is 12.1 Å². The monoisotopic (exact) mass is 251 g/mol. The predicted molar refractivity (Wildman–Crippen MR) is 74.9 cm³/mol. The number of methoxy groups -OCH3 is 1. The van der Waals surface area contributed by atoms with Crippen molar-refractivity contribution in [1.82, 2.24) is 5.32 Å². The van der Waals surface area contributed by atoms with Gasteiger partial charge in [0, 0.05) is 22.6 Å². The summed E-state index contributed by atoms with van der Waals surface area (Å²) in [6.07, 6.45) is 0. The standard InChI is InChI=1S/C14H21NOS/c1-5-15-14-10(3)17-8-11-12(16-4)7-6-9(2)13(11)14/h6-7,10,14-15H,5,8H2,1-4H3. The molecule has 2 nitrogen and oxygen atoms in total. The van der Waals surface area contributed by atoms with Crippen LogP contribution in [0.1, 0.15) is 36.6 Å². The van der Waals surface area contributed by atoms with Crippen LogP contribution in [0.25, 0.3) is 0 Å². The van der Waals surface area contributed by atoms with Crippen LogP contribution in [0.4, 0.5) is 0 Å². The van der Waals surface area contributed by atoms with Gasteiger partial charge in [-0.1, -0.05) is 19.9 Å². The summed E-state index contributed by atoms with van der Waals surface area (Å²) in [4.78, 5) is 0. The summed E-state index contributed by atoms with van der Waals surface area (Å²) in [5.41, 5.74) is 4.21. The quantitative estimate of drug-likeness (QED) is 0.890. The lowest BCUT2D eigenvalue weighted by molar-refractivity contribution is 0.407. The smallest absolute Gasteiger partial charge is 0.123 e. The molecule has 0 saturated carbocycles. The summed E-state index contributed by atoms with van der Waals surface area (Å²) in [5.74, 6) is 2.09. The predicted octanol–water partition coefficient (Wildman–Crippen LogP) is 3.29. The van der Waals surface area contributed by atoms with Gasteiger partial charge in [0.05, 0.1) is 7.11 Å². The third-order valence-corrected chi connectivity index (χ3v) is 4.70. The molecule has 1 aromatic carbocycles. The molecule has 0 spiro atoms. The molecule has 2 rings (SSSR count). The van der Waals surface area contributed by atoms with Gasteiger partial charge in [-0.05, 0) is 30.7 Å². The number of benzene rings is 1. The highest BCUT2D eigenvalue weighted by atomic mass is 32.2. The Labute approximate surface area is 108 Å². The fourth-order valence-corrected chi connectivity index (χ4v) is 3.72. The number of rotatable bonds is 3. The molecule has 94 valence electrons. The Morgan fingerprint density at radius 3 is 2.88 bits per heavy atom. The Morgan fingerprint density at radius 1 is 1.47 bits per heavy atom. The van der Waals surface area contributed by atoms with Gasteiger partial charge in [0.1, 0.15) is 5.75 Å². The van der Waals surface area contributed by atoms with Crippen LogP contribution in [0, 0.1) is 6.92 Å². The van der Waals surface area contributed by atoms with Gasteiger partial charge in [0.25, 0.3) is 0 Å². The minimum absolute atomic E-state index is 0.448. The summed E-state index contributed by atoms with van der Waals surface area (Å²) >= 11 is 2.00. The molecule has 0 amide bonds. The number of nitrogens with one attached hydrogen (secondary N) is 1. The molecule has 0 fully saturated rings. The zero-order valence-corrected chi connectivity index (χ0v) is 11.9. The number of aryl methyl sites for hydroxylation is 1. The molecular formula is C14H21NOS. The van der Waals surface area contributed by atoms with Crippen LogP contribution in [-0.4, -0.2) is 18.9 Å². The molecule has 1 aromatic rings. The van der Waals surface area contributed by atoms with Crippen molar-refractivity contribution in [3.05, 3.63) is 28.8 Å². The molecule has 1 aliphatic rings. The van der Waals surface area contributed by atoms with E-state index < -0.39 is 0 Å². The second-order valence-corrected chi connectivity index (χ2v) is 5.89. The first kappa shape index (κ1) is 12.8. The van der Waals surface area contributed by atoms with Crippen molar-refractivity contribution in [3.8, 4) is 5.75 Å². The fraction of sp³-hybridized carbons (Fsp3) is 0.571. The minimum atomic E-state index is 0.448. The number of hydrogen-bond donors (Lipinski definition) is 1. The average molecular weight is 251 g/mol. The van der Waals surface area contributed by atoms with Crippen LogP contribution in [0.5, 0.6) is 5.75 Å². The van der Waals surface area contributed by atoms with Gasteiger partial charge in [-0.25, -0.2) is 0 Å². The zero-order chi connectivity index (χ0) is 12.4. The van der Waals surface area contributed by atoms with E-state index in [0.29, 0.717) is 11.3 Å². The van der Waals surface area contributed by atoms with Crippen molar-refractivity contribution in [3.63, 3.8) is 0 Å². The Bertz CT molecular complexity index is 405. The molecule has 2 atom stereocenters. The number of hydrogen-bond acceptors (Lipinski definition) is 3. The second-order valence-electron chi connectivity index (χ2n) is 4.53. The van der Waals surface area contributed by atoms with Gasteiger partial charge in [-0.3, -0.25) is 0 Å². The molecule has 2 unspecified atom stereocenters. The van der Waals surface area contributed by atoms with E-state index in [0.717, 1.165) is 18.0 Å². The van der Waals surface area contributed by atoms with Crippen LogP contribution in [0.3, 0.4) is 0 Å². The Hall–Kier alpha value is -0.670. The van der Waals surface area contributed by atoms with E-state index in [-0.39, 0.29) is 0 Å². The maximum Gasteiger partial charge on any atom is 0.123 e. The molecule has 1 aliphatic heterocycles. The molecule has 0 aliphatic carbocycles. The topological polar surface area (TPSA) is 21.3 Å². The summed E-state index contributed by atoms with van der Waals surface area (Å²) in [5, 5.41) is 4.22. The molecular weight excluding hydrogens is 230 g/mol. The summed E-state index contributed by atoms with van der Waals surface area (Å²) < 4.78 is 5.49. The van der Waals surface area contributed by atoms with Crippen LogP contribution in [0.2, 0.25) is 0 Å². The maximum absolute atomic E-state index is 5.49. The highest BCUT2D eigenvalue weighted by molar-refractivity contribution is 7.99. The summed E-state index contributed by atoms with van der Waals surface area (Å²) in [6.45, 7) is 7.68. The average Bonchev–Trinajstić information content (AvgIpc) is 2.33. The number of ether oxygens (including phenoxy) is 1. The Kier molecular flexibility index (Phi) is 4.00. The maximum atomic E-state index is 5.49. The summed E-state index contributed by atoms with van der Waals surface area (Å²) in [7, 11) is 1.76. The molecule has 17 heavy (non-hydrogen) atoms. The first-order chi connectivity index (χ1) is 8.19. The van der Waals surface area contributed by atoms with Crippen LogP contribution < -0.4 is 10.1 Å². The fourth-order valence-electron chi connectivity index (χ4n) is 2.57. The highest BCUT2D eigenvalue weighted by Crippen LogP contribution is 2.42. The molecule has 1 heterocycles. The van der Waals surface area contributed by atoms with Gasteiger partial charge >= 0.3 is 0 Å². The lowest BCUT2D eigenvalue weighted by Crippen LogP contribution is -2.32. The van der Waals surface area contributed by atoms with Gasteiger partial charge in [0.2, 0.25) is 0 Å². The van der Waals surface area contributed by atoms with E-state index in [1.807, 2.05) is 11.8 Å². The largest absolute Gasteiger partial charge is 0.496 e. The van der Waals surface area contributed by atoms with Crippen molar-refractivity contribution < 1.29 is 4.74 Å². The molecule has 1 N–H and O–H groups in total. The van der Waals surface area contributed by atoms with Crippen molar-refractivity contribution in [2.45, 2.75) is 37.8 Å². The van der Waals surface area contributed by atoms with Crippen molar-refractivity contribution in [2.75, 3.05) is 13.7 Å². The van der Waals surface area contributed by atoms with E-state index in [4.69, 9.17) is 4.74 Å². The van der Waals surface area contributed by atoms with Gasteiger partial charge in [-0.2, -0.15) is 11.8 Å². The van der Waals surface area contributed by atoms with Gasteiger partial charge in [0.15, 0.2) is 0 Å². The Morgan fingerprint density at radius 2 is 2.24 bits per heavy atom. The van der Waals surface area contributed by atoms with Gasteiger partial charge < -0.3 is 10.1 Å². The lowest BCUT2D eigenvalue weighted by atomic mass is 9.93. The molecule has 0 saturated heterocycles. The first-order valence-corrected chi connectivity index (χ1v) is 7.25. The van der Waals surface area contributed by atoms with E-state index in [2.05, 4.69) is 38.2 Å². The van der Waals surface area contributed by atoms with Crippen molar-refractivity contribution >= 4 is 11.8 Å². The Balaban J connectivity index is 2.50. The van der Waals surface area contributed by atoms with Crippen molar-refractivity contribution in [2.24, 2.45) is 0 Å². The minimum Gasteiger partial charge on any atom is -0.496 e. The second kappa shape index (κ2) is 5.32. The SMILES string of the molecule is CCNC1c2c(C)ccc(OC)c2CSC1C. The molecule has 0 radical (unpaired) electrons. The number of thioether (sulfide) groups is 1. The highest BCUT2D eigenvalue weighted by Gasteiger charge is 2.29. The van der Waals surface area contributed by atoms with Crippen LogP contribution in [-0.2, 0) is 5.75 Å². The van der Waals surface area contributed by atoms with E-state index in [1.165, 1.54) is 16.7 Å². The van der Waals surface area contributed by atoms with Crippen molar-refractivity contribution in [1.29, 1.82) is 0 Å².